The highest BCUT2D eigenvalue weighted by Crippen LogP contribution is 2.40. The van der Waals surface area contributed by atoms with Crippen LogP contribution in [0.15, 0.2) is 72.8 Å². The van der Waals surface area contributed by atoms with Gasteiger partial charge in [0.25, 0.3) is 0 Å². The fourth-order valence-electron chi connectivity index (χ4n) is 2.45. The van der Waals surface area contributed by atoms with Crippen molar-refractivity contribution in [1.29, 1.82) is 0 Å². The zero-order valence-electron chi connectivity index (χ0n) is 12.1. The second-order valence-electron chi connectivity index (χ2n) is 5.09. The van der Waals surface area contributed by atoms with E-state index in [1.165, 1.54) is 5.56 Å². The van der Waals surface area contributed by atoms with Crippen molar-refractivity contribution in [3.05, 3.63) is 87.0 Å². The first-order chi connectivity index (χ1) is 10.7. The maximum atomic E-state index is 6.61. The molecule has 0 amide bonds. The number of hydrogen-bond donors (Lipinski definition) is 0. The van der Waals surface area contributed by atoms with Gasteiger partial charge in [0.15, 0.2) is 0 Å². The SMILES string of the molecule is Cc1cc(I)c(Cl)c(N(c2ccccc2)c2ccccc2)c1. The quantitative estimate of drug-likeness (QED) is 0.426. The number of aryl methyl sites for hydroxylation is 1. The molecule has 0 saturated carbocycles. The molecule has 3 rings (SSSR count). The van der Waals surface area contributed by atoms with E-state index in [-0.39, 0.29) is 0 Å². The lowest BCUT2D eigenvalue weighted by atomic mass is 10.1. The maximum absolute atomic E-state index is 6.61. The minimum Gasteiger partial charge on any atom is -0.309 e. The smallest absolute Gasteiger partial charge is 0.0780 e. The molecule has 22 heavy (non-hydrogen) atoms. The lowest BCUT2D eigenvalue weighted by Crippen LogP contribution is -2.11. The first-order valence-corrected chi connectivity index (χ1v) is 8.48. The molecule has 0 radical (unpaired) electrons. The van der Waals surface area contributed by atoms with Crippen molar-refractivity contribution < 1.29 is 0 Å². The molecule has 3 heteroatoms. The topological polar surface area (TPSA) is 3.24 Å². The van der Waals surface area contributed by atoms with Gasteiger partial charge in [0, 0.05) is 14.9 Å². The molecule has 0 atom stereocenters. The van der Waals surface area contributed by atoms with Crippen LogP contribution in [0, 0.1) is 10.5 Å². The molecule has 0 aliphatic rings. The van der Waals surface area contributed by atoms with Crippen LogP contribution in [0.25, 0.3) is 0 Å². The summed E-state index contributed by atoms with van der Waals surface area (Å²) in [5.74, 6) is 0. The Bertz CT molecular complexity index is 733. The van der Waals surface area contributed by atoms with Crippen molar-refractivity contribution in [2.45, 2.75) is 6.92 Å². The van der Waals surface area contributed by atoms with Crippen molar-refractivity contribution >= 4 is 51.3 Å². The van der Waals surface area contributed by atoms with Gasteiger partial charge in [0.2, 0.25) is 0 Å². The van der Waals surface area contributed by atoms with Crippen molar-refractivity contribution in [1.82, 2.24) is 0 Å². The van der Waals surface area contributed by atoms with Gasteiger partial charge >= 0.3 is 0 Å². The number of nitrogens with zero attached hydrogens (tertiary/aromatic N) is 1. The minimum absolute atomic E-state index is 0.777. The van der Waals surface area contributed by atoms with Crippen LogP contribution in [0.3, 0.4) is 0 Å². The molecule has 0 saturated heterocycles. The number of rotatable bonds is 3. The van der Waals surface area contributed by atoms with Crippen molar-refractivity contribution in [2.24, 2.45) is 0 Å². The number of para-hydroxylation sites is 2. The van der Waals surface area contributed by atoms with E-state index >= 15 is 0 Å². The number of benzene rings is 3. The van der Waals surface area contributed by atoms with Gasteiger partial charge in [-0.3, -0.25) is 0 Å². The van der Waals surface area contributed by atoms with E-state index < -0.39 is 0 Å². The van der Waals surface area contributed by atoms with Gasteiger partial charge in [-0.15, -0.1) is 0 Å². The molecule has 0 unspecified atom stereocenters. The Labute approximate surface area is 149 Å². The molecule has 3 aromatic rings. The summed E-state index contributed by atoms with van der Waals surface area (Å²) in [6, 6.07) is 24.8. The van der Waals surface area contributed by atoms with Crippen molar-refractivity contribution in [2.75, 3.05) is 4.90 Å². The normalized spacial score (nSPS) is 10.5. The molecule has 0 N–H and O–H groups in total. The molecule has 0 aromatic heterocycles. The molecular formula is C19H15ClIN. The number of halogens is 2. The fourth-order valence-corrected chi connectivity index (χ4v) is 3.41. The van der Waals surface area contributed by atoms with Crippen LogP contribution < -0.4 is 4.90 Å². The zero-order valence-corrected chi connectivity index (χ0v) is 15.0. The van der Waals surface area contributed by atoms with E-state index in [2.05, 4.69) is 70.8 Å². The van der Waals surface area contributed by atoms with Crippen LogP contribution in [-0.2, 0) is 0 Å². The summed E-state index contributed by atoms with van der Waals surface area (Å²) in [7, 11) is 0. The van der Waals surface area contributed by atoms with Gasteiger partial charge in [0.1, 0.15) is 0 Å². The summed E-state index contributed by atoms with van der Waals surface area (Å²) in [4.78, 5) is 2.19. The second-order valence-corrected chi connectivity index (χ2v) is 6.63. The van der Waals surface area contributed by atoms with Crippen LogP contribution in [-0.4, -0.2) is 0 Å². The molecule has 1 nitrogen and oxygen atoms in total. The minimum atomic E-state index is 0.777. The molecule has 3 aromatic carbocycles. The summed E-state index contributed by atoms with van der Waals surface area (Å²) in [5.41, 5.74) is 4.39. The first-order valence-electron chi connectivity index (χ1n) is 7.02. The van der Waals surface area contributed by atoms with E-state index in [1.54, 1.807) is 0 Å². The third kappa shape index (κ3) is 3.13. The Kier molecular flexibility index (Phi) is 4.69. The molecule has 110 valence electrons. The highest BCUT2D eigenvalue weighted by molar-refractivity contribution is 14.1. The Hall–Kier alpha value is -1.52. The van der Waals surface area contributed by atoms with E-state index in [1.807, 2.05) is 36.4 Å². The molecule has 0 fully saturated rings. The maximum Gasteiger partial charge on any atom is 0.0780 e. The van der Waals surface area contributed by atoms with Crippen LogP contribution in [0.5, 0.6) is 0 Å². The lowest BCUT2D eigenvalue weighted by molar-refractivity contribution is 1.26. The molecule has 0 spiro atoms. The summed E-state index contributed by atoms with van der Waals surface area (Å²) >= 11 is 8.90. The average Bonchev–Trinajstić information content (AvgIpc) is 2.54. The van der Waals surface area contributed by atoms with Crippen LogP contribution in [0.2, 0.25) is 5.02 Å². The summed E-state index contributed by atoms with van der Waals surface area (Å²) in [6.45, 7) is 2.09. The molecule has 0 aliphatic carbocycles. The highest BCUT2D eigenvalue weighted by Gasteiger charge is 2.17. The van der Waals surface area contributed by atoms with Crippen molar-refractivity contribution in [3.63, 3.8) is 0 Å². The predicted octanol–water partition coefficient (Wildman–Crippen LogP) is 6.72. The van der Waals surface area contributed by atoms with Crippen LogP contribution in [0.4, 0.5) is 17.1 Å². The molecule has 0 aliphatic heterocycles. The summed E-state index contributed by atoms with van der Waals surface area (Å²) in [5, 5.41) is 0.777. The Morgan fingerprint density at radius 2 is 1.32 bits per heavy atom. The third-order valence-electron chi connectivity index (χ3n) is 3.42. The monoisotopic (exact) mass is 419 g/mol. The standard InChI is InChI=1S/C19H15ClIN/c1-14-12-17(21)19(20)18(13-14)22(15-8-4-2-5-9-15)16-10-6-3-7-11-16/h2-13H,1H3. The van der Waals surface area contributed by atoms with E-state index in [0.29, 0.717) is 0 Å². The number of hydrogen-bond acceptors (Lipinski definition) is 1. The summed E-state index contributed by atoms with van der Waals surface area (Å²) in [6.07, 6.45) is 0. The van der Waals surface area contributed by atoms with Gasteiger partial charge < -0.3 is 4.90 Å². The van der Waals surface area contributed by atoms with Gasteiger partial charge in [-0.25, -0.2) is 0 Å². The second kappa shape index (κ2) is 6.71. The van der Waals surface area contributed by atoms with Gasteiger partial charge in [0.05, 0.1) is 10.7 Å². The van der Waals surface area contributed by atoms with E-state index in [4.69, 9.17) is 11.6 Å². The molecule has 0 bridgehead atoms. The average molecular weight is 420 g/mol. The first kappa shape index (κ1) is 15.4. The Morgan fingerprint density at radius 1 is 0.818 bits per heavy atom. The summed E-state index contributed by atoms with van der Waals surface area (Å²) < 4.78 is 1.06. The van der Waals surface area contributed by atoms with E-state index in [0.717, 1.165) is 25.7 Å². The van der Waals surface area contributed by atoms with Gasteiger partial charge in [-0.2, -0.15) is 0 Å². The van der Waals surface area contributed by atoms with Crippen LogP contribution >= 0.6 is 34.2 Å². The Morgan fingerprint density at radius 3 is 1.82 bits per heavy atom. The third-order valence-corrected chi connectivity index (χ3v) is 4.99. The van der Waals surface area contributed by atoms with E-state index in [9.17, 15) is 0 Å². The highest BCUT2D eigenvalue weighted by atomic mass is 127. The zero-order chi connectivity index (χ0) is 15.5. The van der Waals surface area contributed by atoms with Crippen molar-refractivity contribution in [3.8, 4) is 0 Å². The Balaban J connectivity index is 2.23. The lowest BCUT2D eigenvalue weighted by Gasteiger charge is -2.27. The largest absolute Gasteiger partial charge is 0.309 e. The molecular weight excluding hydrogens is 405 g/mol. The predicted molar refractivity (Wildman–Crippen MR) is 104 cm³/mol. The molecule has 0 heterocycles. The van der Waals surface area contributed by atoms with Crippen LogP contribution in [0.1, 0.15) is 5.56 Å². The number of anilines is 3. The fraction of sp³-hybridized carbons (Fsp3) is 0.0526. The van der Waals surface area contributed by atoms with Gasteiger partial charge in [-0.1, -0.05) is 48.0 Å². The van der Waals surface area contributed by atoms with Gasteiger partial charge in [-0.05, 0) is 71.5 Å².